The van der Waals surface area contributed by atoms with Crippen LogP contribution in [0.3, 0.4) is 0 Å². The molecule has 17 heavy (non-hydrogen) atoms. The zero-order valence-corrected chi connectivity index (χ0v) is 11.9. The van der Waals surface area contributed by atoms with Crippen LogP contribution in [0.1, 0.15) is 41.0 Å². The number of nitrogens with two attached hydrogens (primary N) is 1. The molecule has 0 rings (SSSR count). The Hall–Kier alpha value is -0.610. The van der Waals surface area contributed by atoms with Crippen molar-refractivity contribution in [2.45, 2.75) is 47.1 Å². The summed E-state index contributed by atoms with van der Waals surface area (Å²) in [5.41, 5.74) is 5.77. The van der Waals surface area contributed by atoms with Gasteiger partial charge in [-0.1, -0.05) is 27.7 Å². The van der Waals surface area contributed by atoms with Crippen molar-refractivity contribution < 1.29 is 9.90 Å². The van der Waals surface area contributed by atoms with Crippen LogP contribution in [0.5, 0.6) is 0 Å². The molecule has 4 heteroatoms. The number of hydrogen-bond acceptors (Lipinski definition) is 3. The second kappa shape index (κ2) is 6.97. The van der Waals surface area contributed by atoms with Crippen LogP contribution in [-0.2, 0) is 4.79 Å². The summed E-state index contributed by atoms with van der Waals surface area (Å²) in [7, 11) is 0. The maximum absolute atomic E-state index is 11.0. The van der Waals surface area contributed by atoms with Crippen molar-refractivity contribution in [3.63, 3.8) is 0 Å². The largest absolute Gasteiger partial charge is 0.481 e. The van der Waals surface area contributed by atoms with E-state index in [0.29, 0.717) is 6.54 Å². The van der Waals surface area contributed by atoms with E-state index < -0.39 is 5.97 Å². The van der Waals surface area contributed by atoms with Crippen molar-refractivity contribution in [3.05, 3.63) is 0 Å². The summed E-state index contributed by atoms with van der Waals surface area (Å²) in [5.74, 6) is -1.08. The van der Waals surface area contributed by atoms with E-state index in [2.05, 4.69) is 25.7 Å². The van der Waals surface area contributed by atoms with E-state index in [1.54, 1.807) is 6.92 Å². The fourth-order valence-corrected chi connectivity index (χ4v) is 1.85. The Labute approximate surface area is 105 Å². The lowest BCUT2D eigenvalue weighted by Crippen LogP contribution is -2.47. The van der Waals surface area contributed by atoms with Gasteiger partial charge in [-0.3, -0.25) is 9.69 Å². The normalized spacial score (nSPS) is 15.9. The van der Waals surface area contributed by atoms with Crippen molar-refractivity contribution in [1.82, 2.24) is 4.90 Å². The fraction of sp³-hybridized carbons (Fsp3) is 0.923. The van der Waals surface area contributed by atoms with Crippen LogP contribution in [0.25, 0.3) is 0 Å². The van der Waals surface area contributed by atoms with Gasteiger partial charge in [0, 0.05) is 12.6 Å². The van der Waals surface area contributed by atoms with Gasteiger partial charge < -0.3 is 10.8 Å². The molecule has 0 radical (unpaired) electrons. The second-order valence-electron chi connectivity index (χ2n) is 5.71. The van der Waals surface area contributed by atoms with E-state index in [1.165, 1.54) is 0 Å². The summed E-state index contributed by atoms with van der Waals surface area (Å²) in [6.45, 7) is 12.5. The highest BCUT2D eigenvalue weighted by Gasteiger charge is 2.28. The quantitative estimate of drug-likeness (QED) is 0.683. The van der Waals surface area contributed by atoms with Gasteiger partial charge in [0.2, 0.25) is 0 Å². The number of carboxylic acids is 1. The molecule has 0 aromatic heterocycles. The molecule has 0 bridgehead atoms. The number of rotatable bonds is 8. The minimum Gasteiger partial charge on any atom is -0.481 e. The first-order valence-electron chi connectivity index (χ1n) is 6.42. The molecule has 0 saturated heterocycles. The summed E-state index contributed by atoms with van der Waals surface area (Å²) >= 11 is 0. The van der Waals surface area contributed by atoms with Gasteiger partial charge in [0.15, 0.2) is 0 Å². The molecule has 102 valence electrons. The van der Waals surface area contributed by atoms with Crippen LogP contribution >= 0.6 is 0 Å². The smallest absolute Gasteiger partial charge is 0.307 e. The minimum absolute atomic E-state index is 0.0294. The van der Waals surface area contributed by atoms with Gasteiger partial charge in [0.25, 0.3) is 0 Å². The second-order valence-corrected chi connectivity index (χ2v) is 5.71. The van der Waals surface area contributed by atoms with Crippen molar-refractivity contribution in [2.24, 2.45) is 17.1 Å². The predicted molar refractivity (Wildman–Crippen MR) is 71.0 cm³/mol. The molecule has 0 aliphatic carbocycles. The lowest BCUT2D eigenvalue weighted by atomic mass is 9.91. The number of nitrogens with zero attached hydrogens (tertiary/aromatic N) is 1. The Balaban J connectivity index is 4.67. The fourth-order valence-electron chi connectivity index (χ4n) is 1.85. The summed E-state index contributed by atoms with van der Waals surface area (Å²) in [5, 5.41) is 9.07. The van der Waals surface area contributed by atoms with Crippen molar-refractivity contribution in [1.29, 1.82) is 0 Å². The topological polar surface area (TPSA) is 66.6 Å². The summed E-state index contributed by atoms with van der Waals surface area (Å²) in [4.78, 5) is 13.3. The first-order chi connectivity index (χ1) is 7.75. The maximum Gasteiger partial charge on any atom is 0.307 e. The number of aliphatic carboxylic acids is 1. The van der Waals surface area contributed by atoms with Gasteiger partial charge in [-0.05, 0) is 31.8 Å². The molecule has 0 aliphatic heterocycles. The van der Waals surface area contributed by atoms with E-state index in [0.717, 1.165) is 19.5 Å². The number of carboxylic acid groups (broad SMARTS) is 1. The van der Waals surface area contributed by atoms with Crippen LogP contribution in [0.4, 0.5) is 0 Å². The molecule has 0 spiro atoms. The monoisotopic (exact) mass is 244 g/mol. The van der Waals surface area contributed by atoms with Gasteiger partial charge in [-0.15, -0.1) is 0 Å². The summed E-state index contributed by atoms with van der Waals surface area (Å²) < 4.78 is 0. The maximum atomic E-state index is 11.0. The van der Waals surface area contributed by atoms with E-state index in [1.807, 2.05) is 6.92 Å². The lowest BCUT2D eigenvalue weighted by molar-refractivity contribution is -0.143. The lowest BCUT2D eigenvalue weighted by Gasteiger charge is -2.37. The van der Waals surface area contributed by atoms with Crippen molar-refractivity contribution in [2.75, 3.05) is 19.6 Å². The molecular formula is C13H28N2O2. The zero-order valence-electron chi connectivity index (χ0n) is 11.9. The molecule has 0 amide bonds. The van der Waals surface area contributed by atoms with Crippen LogP contribution in [0.2, 0.25) is 0 Å². The average molecular weight is 244 g/mol. The van der Waals surface area contributed by atoms with Crippen LogP contribution < -0.4 is 5.73 Å². The third-order valence-electron chi connectivity index (χ3n) is 3.38. The molecule has 2 atom stereocenters. The highest BCUT2D eigenvalue weighted by molar-refractivity contribution is 5.70. The standard InChI is InChI=1S/C13H28N2O2/c1-6-7-15(9-13(4,5)8-14)11(3)10(2)12(16)17/h10-11H,6-9,14H2,1-5H3,(H,16,17). The molecule has 0 aliphatic rings. The van der Waals surface area contributed by atoms with Crippen molar-refractivity contribution in [3.8, 4) is 0 Å². The highest BCUT2D eigenvalue weighted by Crippen LogP contribution is 2.20. The Morgan fingerprint density at radius 3 is 2.29 bits per heavy atom. The van der Waals surface area contributed by atoms with Crippen LogP contribution in [0.15, 0.2) is 0 Å². The van der Waals surface area contributed by atoms with Gasteiger partial charge >= 0.3 is 5.97 Å². The Bertz CT molecular complexity index is 242. The third-order valence-corrected chi connectivity index (χ3v) is 3.38. The number of carbonyl (C=O) groups is 1. The van der Waals surface area contributed by atoms with E-state index in [4.69, 9.17) is 10.8 Å². The van der Waals surface area contributed by atoms with E-state index in [9.17, 15) is 4.79 Å². The predicted octanol–water partition coefficient (Wildman–Crippen LogP) is 1.79. The Kier molecular flexibility index (Phi) is 6.72. The van der Waals surface area contributed by atoms with Crippen LogP contribution in [-0.4, -0.2) is 41.7 Å². The molecule has 0 heterocycles. The first-order valence-corrected chi connectivity index (χ1v) is 6.42. The summed E-state index contributed by atoms with van der Waals surface area (Å²) in [6, 6.07) is 0.0401. The highest BCUT2D eigenvalue weighted by atomic mass is 16.4. The molecule has 0 aromatic carbocycles. The Morgan fingerprint density at radius 1 is 1.41 bits per heavy atom. The first kappa shape index (κ1) is 16.4. The SMILES string of the molecule is CCCN(CC(C)(C)CN)C(C)C(C)C(=O)O. The number of hydrogen-bond donors (Lipinski definition) is 2. The van der Waals surface area contributed by atoms with E-state index in [-0.39, 0.29) is 17.4 Å². The third kappa shape index (κ3) is 5.50. The van der Waals surface area contributed by atoms with Crippen LogP contribution in [0, 0.1) is 11.3 Å². The minimum atomic E-state index is -0.732. The zero-order chi connectivity index (χ0) is 13.6. The Morgan fingerprint density at radius 2 is 1.94 bits per heavy atom. The molecule has 4 nitrogen and oxygen atoms in total. The van der Waals surface area contributed by atoms with E-state index >= 15 is 0 Å². The van der Waals surface area contributed by atoms with Gasteiger partial charge in [0.05, 0.1) is 5.92 Å². The van der Waals surface area contributed by atoms with Gasteiger partial charge in [-0.25, -0.2) is 0 Å². The molecule has 0 aromatic rings. The molecular weight excluding hydrogens is 216 g/mol. The molecule has 0 saturated carbocycles. The molecule has 2 unspecified atom stereocenters. The molecule has 0 fully saturated rings. The average Bonchev–Trinajstić information content (AvgIpc) is 2.26. The molecule has 3 N–H and O–H groups in total. The van der Waals surface area contributed by atoms with Crippen molar-refractivity contribution >= 4 is 5.97 Å². The van der Waals surface area contributed by atoms with Gasteiger partial charge in [0.1, 0.15) is 0 Å². The van der Waals surface area contributed by atoms with Gasteiger partial charge in [-0.2, -0.15) is 0 Å². The summed E-state index contributed by atoms with van der Waals surface area (Å²) in [6.07, 6.45) is 1.03.